The van der Waals surface area contributed by atoms with E-state index in [1.54, 1.807) is 16.8 Å². The van der Waals surface area contributed by atoms with Crippen molar-refractivity contribution in [2.45, 2.75) is 6.92 Å². The van der Waals surface area contributed by atoms with E-state index in [1.165, 1.54) is 12.1 Å². The highest BCUT2D eigenvalue weighted by Crippen LogP contribution is 2.31. The zero-order chi connectivity index (χ0) is 13.6. The Kier molecular flexibility index (Phi) is 2.82. The van der Waals surface area contributed by atoms with Gasteiger partial charge in [0, 0.05) is 24.0 Å². The molecule has 2 aromatic heterocycles. The van der Waals surface area contributed by atoms with Gasteiger partial charge in [0.2, 0.25) is 0 Å². The van der Waals surface area contributed by atoms with E-state index in [-0.39, 0.29) is 5.56 Å². The third-order valence-electron chi connectivity index (χ3n) is 2.85. The average Bonchev–Trinajstić information content (AvgIpc) is 2.69. The number of hydrogen-bond donors (Lipinski definition) is 0. The van der Waals surface area contributed by atoms with Crippen LogP contribution >= 0.6 is 15.9 Å². The first kappa shape index (κ1) is 12.2. The number of halogens is 3. The Hall–Kier alpha value is -1.82. The summed E-state index contributed by atoms with van der Waals surface area (Å²) in [7, 11) is 0. The molecule has 0 radical (unpaired) electrons. The van der Waals surface area contributed by atoms with Crippen LogP contribution in [0.25, 0.3) is 16.9 Å². The molecule has 0 saturated heterocycles. The first-order valence-electron chi connectivity index (χ1n) is 5.52. The van der Waals surface area contributed by atoms with Crippen LogP contribution in [0.15, 0.2) is 35.2 Å². The molecule has 0 aliphatic heterocycles. The maximum atomic E-state index is 13.8. The van der Waals surface area contributed by atoms with Gasteiger partial charge in [0.15, 0.2) is 5.65 Å². The molecule has 1 aromatic carbocycles. The van der Waals surface area contributed by atoms with Crippen LogP contribution in [0.4, 0.5) is 8.78 Å². The smallest absolute Gasteiger partial charge is 0.159 e. The van der Waals surface area contributed by atoms with Crippen LogP contribution in [0.5, 0.6) is 0 Å². The van der Waals surface area contributed by atoms with Crippen LogP contribution < -0.4 is 0 Å². The first-order chi connectivity index (χ1) is 9.08. The molecular formula is C13H8BrF2N3. The Bertz CT molecular complexity index is 783. The summed E-state index contributed by atoms with van der Waals surface area (Å²) in [4.78, 5) is 8.50. The minimum absolute atomic E-state index is 0.247. The van der Waals surface area contributed by atoms with Crippen molar-refractivity contribution < 1.29 is 8.78 Å². The fourth-order valence-electron chi connectivity index (χ4n) is 1.93. The first-order valence-corrected chi connectivity index (χ1v) is 6.32. The molecule has 3 nitrogen and oxygen atoms in total. The van der Waals surface area contributed by atoms with Gasteiger partial charge in [-0.15, -0.1) is 0 Å². The average molecular weight is 324 g/mol. The number of rotatable bonds is 1. The molecule has 0 aliphatic rings. The fourth-order valence-corrected chi connectivity index (χ4v) is 2.52. The minimum atomic E-state index is -0.644. The highest BCUT2D eigenvalue weighted by Gasteiger charge is 2.16. The number of fused-ring (bicyclic) bond motifs is 1. The van der Waals surface area contributed by atoms with Gasteiger partial charge in [-0.1, -0.05) is 0 Å². The molecule has 6 heteroatoms. The number of imidazole rings is 1. The van der Waals surface area contributed by atoms with E-state index in [9.17, 15) is 8.78 Å². The summed E-state index contributed by atoms with van der Waals surface area (Å²) in [6, 6.07) is 3.43. The zero-order valence-corrected chi connectivity index (χ0v) is 11.4. The number of nitrogens with zero attached hydrogens (tertiary/aromatic N) is 3. The van der Waals surface area contributed by atoms with Gasteiger partial charge in [0.1, 0.15) is 21.9 Å². The lowest BCUT2D eigenvalue weighted by molar-refractivity contribution is 0.585. The molecular weight excluding hydrogens is 316 g/mol. The van der Waals surface area contributed by atoms with Crippen molar-refractivity contribution >= 4 is 21.6 Å². The second kappa shape index (κ2) is 4.38. The quantitative estimate of drug-likeness (QED) is 0.682. The summed E-state index contributed by atoms with van der Waals surface area (Å²) in [5.41, 5.74) is 2.04. The molecule has 19 heavy (non-hydrogen) atoms. The van der Waals surface area contributed by atoms with Crippen molar-refractivity contribution in [2.24, 2.45) is 0 Å². The number of aromatic nitrogens is 3. The largest absolute Gasteiger partial charge is 0.291 e. The predicted molar refractivity (Wildman–Crippen MR) is 70.8 cm³/mol. The van der Waals surface area contributed by atoms with Gasteiger partial charge in [-0.3, -0.25) is 9.38 Å². The third kappa shape index (κ3) is 1.92. The van der Waals surface area contributed by atoms with Crippen LogP contribution in [-0.2, 0) is 0 Å². The summed E-state index contributed by atoms with van der Waals surface area (Å²) in [5, 5.41) is 0. The van der Waals surface area contributed by atoms with Gasteiger partial charge in [0.25, 0.3) is 0 Å². The van der Waals surface area contributed by atoms with E-state index in [1.807, 2.05) is 6.92 Å². The van der Waals surface area contributed by atoms with E-state index < -0.39 is 11.6 Å². The lowest BCUT2D eigenvalue weighted by Crippen LogP contribution is -1.89. The minimum Gasteiger partial charge on any atom is -0.291 e. The molecule has 0 aliphatic carbocycles. The molecule has 0 amide bonds. The predicted octanol–water partition coefficient (Wildman–Crippen LogP) is 3.75. The van der Waals surface area contributed by atoms with Crippen LogP contribution in [-0.4, -0.2) is 14.4 Å². The summed E-state index contributed by atoms with van der Waals surface area (Å²) in [6.07, 6.45) is 3.36. The normalized spacial score (nSPS) is 11.2. The Labute approximate surface area is 116 Å². The van der Waals surface area contributed by atoms with Gasteiger partial charge < -0.3 is 0 Å². The molecule has 2 heterocycles. The summed E-state index contributed by atoms with van der Waals surface area (Å²) in [6.45, 7) is 1.82. The van der Waals surface area contributed by atoms with Gasteiger partial charge in [-0.25, -0.2) is 13.8 Å². The van der Waals surface area contributed by atoms with E-state index in [2.05, 4.69) is 25.9 Å². The van der Waals surface area contributed by atoms with Gasteiger partial charge in [-0.05, 0) is 35.0 Å². The van der Waals surface area contributed by atoms with Crippen LogP contribution in [0, 0.1) is 18.6 Å². The highest BCUT2D eigenvalue weighted by atomic mass is 79.9. The maximum absolute atomic E-state index is 13.8. The van der Waals surface area contributed by atoms with Crippen molar-refractivity contribution in [3.8, 4) is 11.3 Å². The molecule has 3 aromatic rings. The van der Waals surface area contributed by atoms with E-state index in [4.69, 9.17) is 0 Å². The maximum Gasteiger partial charge on any atom is 0.159 e. The molecule has 3 rings (SSSR count). The lowest BCUT2D eigenvalue weighted by Gasteiger charge is -2.00. The molecule has 0 atom stereocenters. The van der Waals surface area contributed by atoms with Gasteiger partial charge in [-0.2, -0.15) is 0 Å². The lowest BCUT2D eigenvalue weighted by atomic mass is 10.1. The zero-order valence-electron chi connectivity index (χ0n) is 9.86. The van der Waals surface area contributed by atoms with E-state index in [0.717, 1.165) is 11.8 Å². The second-order valence-electron chi connectivity index (χ2n) is 4.08. The van der Waals surface area contributed by atoms with E-state index >= 15 is 0 Å². The fraction of sp³-hybridized carbons (Fsp3) is 0.0769. The van der Waals surface area contributed by atoms with Crippen LogP contribution in [0.2, 0.25) is 0 Å². The van der Waals surface area contributed by atoms with E-state index in [0.29, 0.717) is 15.9 Å². The molecule has 0 bridgehead atoms. The van der Waals surface area contributed by atoms with Crippen LogP contribution in [0.3, 0.4) is 0 Å². The van der Waals surface area contributed by atoms with Crippen molar-refractivity contribution in [1.29, 1.82) is 0 Å². The highest BCUT2D eigenvalue weighted by molar-refractivity contribution is 9.10. The third-order valence-corrected chi connectivity index (χ3v) is 3.60. The Morgan fingerprint density at radius 3 is 2.74 bits per heavy atom. The molecule has 96 valence electrons. The topological polar surface area (TPSA) is 30.2 Å². The Morgan fingerprint density at radius 1 is 1.26 bits per heavy atom. The van der Waals surface area contributed by atoms with Crippen molar-refractivity contribution in [1.82, 2.24) is 14.4 Å². The van der Waals surface area contributed by atoms with Gasteiger partial charge >= 0.3 is 0 Å². The Balaban J connectivity index is 2.31. The SMILES string of the molecule is Cc1nccn2c(Br)c(-c3ccc(F)cc3F)nc12. The monoisotopic (exact) mass is 323 g/mol. The molecule has 0 fully saturated rings. The van der Waals surface area contributed by atoms with Crippen molar-refractivity contribution in [3.63, 3.8) is 0 Å². The number of hydrogen-bond acceptors (Lipinski definition) is 2. The standard InChI is InChI=1S/C13H8BrF2N3/c1-7-13-18-11(12(14)19(13)5-4-17-7)9-3-2-8(15)6-10(9)16/h2-6H,1H3. The van der Waals surface area contributed by atoms with Crippen LogP contribution in [0.1, 0.15) is 5.69 Å². The van der Waals surface area contributed by atoms with Crippen molar-refractivity contribution in [3.05, 3.63) is 52.5 Å². The summed E-state index contributed by atoms with van der Waals surface area (Å²) < 4.78 is 29.1. The molecule has 0 spiro atoms. The molecule has 0 saturated carbocycles. The Morgan fingerprint density at radius 2 is 2.05 bits per heavy atom. The summed E-state index contributed by atoms with van der Waals surface area (Å²) in [5.74, 6) is -1.26. The molecule has 0 N–H and O–H groups in total. The van der Waals surface area contributed by atoms with Gasteiger partial charge in [0.05, 0.1) is 5.69 Å². The summed E-state index contributed by atoms with van der Waals surface area (Å²) >= 11 is 3.39. The number of benzene rings is 1. The number of aryl methyl sites for hydroxylation is 1. The van der Waals surface area contributed by atoms with Crippen molar-refractivity contribution in [2.75, 3.05) is 0 Å². The molecule has 0 unspecified atom stereocenters. The second-order valence-corrected chi connectivity index (χ2v) is 4.83.